The number of ether oxygens (including phenoxy) is 1. The molecule has 0 saturated heterocycles. The summed E-state index contributed by atoms with van der Waals surface area (Å²) in [5.74, 6) is 0.401. The summed E-state index contributed by atoms with van der Waals surface area (Å²) < 4.78 is 6.87. The monoisotopic (exact) mass is 276 g/mol. The number of carboxylic acids is 1. The van der Waals surface area contributed by atoms with E-state index in [0.717, 1.165) is 27.5 Å². The van der Waals surface area contributed by atoms with E-state index in [0.29, 0.717) is 5.75 Å². The Balaban J connectivity index is 2.26. The summed E-state index contributed by atoms with van der Waals surface area (Å²) in [6.45, 7) is 0. The zero-order valence-electron chi connectivity index (χ0n) is 10.5. The van der Waals surface area contributed by atoms with Gasteiger partial charge in [0.05, 0.1) is 12.8 Å². The molecule has 19 heavy (non-hydrogen) atoms. The molecule has 98 valence electrons. The number of carboxylic acid groups (broad SMARTS) is 1. The third-order valence-electron chi connectivity index (χ3n) is 3.16. The van der Waals surface area contributed by atoms with Gasteiger partial charge in [-0.15, -0.1) is 11.8 Å². The molecule has 2 aromatic rings. The first-order valence-corrected chi connectivity index (χ1v) is 6.70. The van der Waals surface area contributed by atoms with Crippen molar-refractivity contribution in [3.8, 4) is 17.0 Å². The van der Waals surface area contributed by atoms with E-state index in [9.17, 15) is 9.90 Å². The smallest absolute Gasteiger partial charge is 0.356 e. The molecule has 2 heterocycles. The van der Waals surface area contributed by atoms with E-state index >= 15 is 0 Å². The van der Waals surface area contributed by atoms with Gasteiger partial charge in [-0.25, -0.2) is 4.79 Å². The number of methoxy groups -OCH3 is 1. The molecule has 0 bridgehead atoms. The molecular weight excluding hydrogens is 264 g/mol. The molecular formula is C13H12N2O3S. The van der Waals surface area contributed by atoms with Crippen LogP contribution in [0.5, 0.6) is 5.75 Å². The number of rotatable bonds is 2. The minimum atomic E-state index is -0.983. The molecule has 5 nitrogen and oxygen atoms in total. The van der Waals surface area contributed by atoms with E-state index in [2.05, 4.69) is 5.10 Å². The van der Waals surface area contributed by atoms with Gasteiger partial charge in [-0.2, -0.15) is 5.10 Å². The van der Waals surface area contributed by atoms with Gasteiger partial charge >= 0.3 is 5.97 Å². The van der Waals surface area contributed by atoms with Gasteiger partial charge in [0, 0.05) is 28.8 Å². The molecule has 1 aromatic heterocycles. The Bertz CT molecular complexity index is 679. The molecule has 0 radical (unpaired) electrons. The molecule has 0 fully saturated rings. The van der Waals surface area contributed by atoms with Crippen LogP contribution in [0, 0.1) is 0 Å². The Morgan fingerprint density at radius 2 is 2.32 bits per heavy atom. The first-order chi connectivity index (χ1) is 9.11. The number of nitrogens with zero attached hydrogens (tertiary/aromatic N) is 2. The van der Waals surface area contributed by atoms with Crippen molar-refractivity contribution >= 4 is 17.7 Å². The lowest BCUT2D eigenvalue weighted by Crippen LogP contribution is -2.03. The Kier molecular flexibility index (Phi) is 2.74. The van der Waals surface area contributed by atoms with Crippen molar-refractivity contribution in [2.24, 2.45) is 7.05 Å². The first kappa shape index (κ1) is 12.1. The zero-order chi connectivity index (χ0) is 13.6. The summed E-state index contributed by atoms with van der Waals surface area (Å²) in [5, 5.41) is 13.3. The van der Waals surface area contributed by atoms with Gasteiger partial charge in [0.1, 0.15) is 5.75 Å². The molecule has 0 aliphatic carbocycles. The number of hydrogen-bond acceptors (Lipinski definition) is 4. The number of aryl methyl sites for hydroxylation is 1. The summed E-state index contributed by atoms with van der Waals surface area (Å²) in [7, 11) is 3.38. The maximum atomic E-state index is 11.2. The molecule has 0 unspecified atom stereocenters. The van der Waals surface area contributed by atoms with Crippen molar-refractivity contribution in [1.29, 1.82) is 0 Å². The molecule has 6 heteroatoms. The topological polar surface area (TPSA) is 64.3 Å². The van der Waals surface area contributed by atoms with Crippen molar-refractivity contribution in [2.75, 3.05) is 7.11 Å². The number of aromatic nitrogens is 2. The maximum absolute atomic E-state index is 11.2. The lowest BCUT2D eigenvalue weighted by molar-refractivity contribution is 0.0689. The molecule has 1 aliphatic heterocycles. The molecule has 0 amide bonds. The molecule has 1 aliphatic rings. The Morgan fingerprint density at radius 1 is 1.53 bits per heavy atom. The third kappa shape index (κ3) is 1.79. The fraction of sp³-hybridized carbons (Fsp3) is 0.231. The van der Waals surface area contributed by atoms with Crippen LogP contribution < -0.4 is 4.74 Å². The molecule has 0 spiro atoms. The number of thioether (sulfide) groups is 1. The van der Waals surface area contributed by atoms with E-state index < -0.39 is 5.97 Å². The van der Waals surface area contributed by atoms with Crippen LogP contribution in [0.2, 0.25) is 0 Å². The highest BCUT2D eigenvalue weighted by Gasteiger charge is 2.27. The van der Waals surface area contributed by atoms with Gasteiger partial charge in [0.2, 0.25) is 0 Å². The Hall–Kier alpha value is -1.95. The van der Waals surface area contributed by atoms with Gasteiger partial charge in [-0.1, -0.05) is 0 Å². The van der Waals surface area contributed by atoms with Crippen molar-refractivity contribution in [3.05, 3.63) is 29.5 Å². The zero-order valence-corrected chi connectivity index (χ0v) is 11.3. The predicted octanol–water partition coefficient (Wildman–Crippen LogP) is 2.40. The van der Waals surface area contributed by atoms with Crippen LogP contribution >= 0.6 is 11.8 Å². The van der Waals surface area contributed by atoms with Crippen LogP contribution in [0.25, 0.3) is 11.3 Å². The van der Waals surface area contributed by atoms with E-state index in [-0.39, 0.29) is 5.69 Å². The number of fused-ring (bicyclic) bond motifs is 3. The van der Waals surface area contributed by atoms with E-state index in [1.165, 1.54) is 0 Å². The van der Waals surface area contributed by atoms with Crippen LogP contribution in [0.1, 0.15) is 16.1 Å². The second kappa shape index (κ2) is 4.31. The van der Waals surface area contributed by atoms with Crippen molar-refractivity contribution < 1.29 is 14.6 Å². The van der Waals surface area contributed by atoms with Crippen LogP contribution in [-0.4, -0.2) is 28.0 Å². The van der Waals surface area contributed by atoms with E-state index in [4.69, 9.17) is 4.74 Å². The molecule has 0 saturated carbocycles. The predicted molar refractivity (Wildman–Crippen MR) is 71.7 cm³/mol. The largest absolute Gasteiger partial charge is 0.497 e. The summed E-state index contributed by atoms with van der Waals surface area (Å²) in [6.07, 6.45) is 0. The van der Waals surface area contributed by atoms with Gasteiger partial charge in [0.15, 0.2) is 5.69 Å². The average Bonchev–Trinajstić information content (AvgIpc) is 2.76. The average molecular weight is 276 g/mol. The SMILES string of the molecule is COc1ccc2c(c1)-c1c(c(C(=O)O)nn1C)CS2. The van der Waals surface area contributed by atoms with Crippen LogP contribution in [0.3, 0.4) is 0 Å². The van der Waals surface area contributed by atoms with Crippen LogP contribution in [-0.2, 0) is 12.8 Å². The van der Waals surface area contributed by atoms with Crippen molar-refractivity contribution in [3.63, 3.8) is 0 Å². The summed E-state index contributed by atoms with van der Waals surface area (Å²) >= 11 is 1.62. The summed E-state index contributed by atoms with van der Waals surface area (Å²) in [5.41, 5.74) is 2.76. The Morgan fingerprint density at radius 3 is 3.00 bits per heavy atom. The fourth-order valence-corrected chi connectivity index (χ4v) is 3.36. The van der Waals surface area contributed by atoms with E-state index in [1.807, 2.05) is 18.2 Å². The number of carbonyl (C=O) groups is 1. The number of aromatic carboxylic acids is 1. The second-order valence-electron chi connectivity index (χ2n) is 4.26. The summed E-state index contributed by atoms with van der Waals surface area (Å²) in [4.78, 5) is 12.3. The lowest BCUT2D eigenvalue weighted by Gasteiger charge is -2.17. The first-order valence-electron chi connectivity index (χ1n) is 5.72. The van der Waals surface area contributed by atoms with Crippen molar-refractivity contribution in [2.45, 2.75) is 10.6 Å². The Labute approximate surface area is 114 Å². The lowest BCUT2D eigenvalue weighted by atomic mass is 10.1. The number of benzene rings is 1. The molecule has 0 atom stereocenters. The minimum absolute atomic E-state index is 0.137. The molecule has 1 aromatic carbocycles. The minimum Gasteiger partial charge on any atom is -0.497 e. The molecule has 3 rings (SSSR count). The third-order valence-corrected chi connectivity index (χ3v) is 4.26. The van der Waals surface area contributed by atoms with Crippen LogP contribution in [0.15, 0.2) is 23.1 Å². The number of hydrogen-bond donors (Lipinski definition) is 1. The van der Waals surface area contributed by atoms with Gasteiger partial charge < -0.3 is 9.84 Å². The van der Waals surface area contributed by atoms with Crippen molar-refractivity contribution in [1.82, 2.24) is 9.78 Å². The highest BCUT2D eigenvalue weighted by Crippen LogP contribution is 2.43. The normalized spacial score (nSPS) is 12.7. The van der Waals surface area contributed by atoms with Gasteiger partial charge in [0.25, 0.3) is 0 Å². The maximum Gasteiger partial charge on any atom is 0.356 e. The highest BCUT2D eigenvalue weighted by atomic mass is 32.2. The standard InChI is InChI=1S/C13H12N2O3S/c1-15-12-8-5-7(18-2)3-4-10(8)19-6-9(12)11(14-15)13(16)17/h3-5H,6H2,1-2H3,(H,16,17). The second-order valence-corrected chi connectivity index (χ2v) is 5.27. The summed E-state index contributed by atoms with van der Waals surface area (Å²) in [6, 6.07) is 5.83. The van der Waals surface area contributed by atoms with E-state index in [1.54, 1.807) is 30.6 Å². The quantitative estimate of drug-likeness (QED) is 0.912. The molecule has 1 N–H and O–H groups in total. The van der Waals surface area contributed by atoms with Gasteiger partial charge in [-0.3, -0.25) is 4.68 Å². The van der Waals surface area contributed by atoms with Crippen LogP contribution in [0.4, 0.5) is 0 Å². The fourth-order valence-electron chi connectivity index (χ4n) is 2.31. The highest BCUT2D eigenvalue weighted by molar-refractivity contribution is 7.98. The van der Waals surface area contributed by atoms with Gasteiger partial charge in [-0.05, 0) is 18.2 Å².